The number of aryl methyl sites for hydroxylation is 1. The Morgan fingerprint density at radius 2 is 2.54 bits per heavy atom. The molecule has 1 saturated heterocycles. The molecule has 13 heavy (non-hydrogen) atoms. The molecule has 0 aliphatic carbocycles. The van der Waals surface area contributed by atoms with Crippen molar-refractivity contribution in [2.75, 3.05) is 13.2 Å². The van der Waals surface area contributed by atoms with E-state index >= 15 is 0 Å². The molecule has 1 fully saturated rings. The SMILES string of the molecule is Cc1cc(C(=O)C2CCOC2)cs1. The number of carbonyl (C=O) groups excluding carboxylic acids is 1. The van der Waals surface area contributed by atoms with Crippen LogP contribution in [0.2, 0.25) is 0 Å². The van der Waals surface area contributed by atoms with Gasteiger partial charge in [-0.25, -0.2) is 0 Å². The van der Waals surface area contributed by atoms with E-state index < -0.39 is 0 Å². The Hall–Kier alpha value is -0.670. The van der Waals surface area contributed by atoms with Crippen LogP contribution in [0.3, 0.4) is 0 Å². The molecule has 70 valence electrons. The highest BCUT2D eigenvalue weighted by molar-refractivity contribution is 7.10. The summed E-state index contributed by atoms with van der Waals surface area (Å²) in [6.45, 7) is 3.36. The van der Waals surface area contributed by atoms with Crippen molar-refractivity contribution in [1.82, 2.24) is 0 Å². The molecule has 0 aromatic carbocycles. The van der Waals surface area contributed by atoms with Gasteiger partial charge in [0.2, 0.25) is 0 Å². The highest BCUT2D eigenvalue weighted by Gasteiger charge is 2.24. The van der Waals surface area contributed by atoms with Gasteiger partial charge in [-0.2, -0.15) is 0 Å². The number of hydrogen-bond donors (Lipinski definition) is 0. The number of carbonyl (C=O) groups is 1. The van der Waals surface area contributed by atoms with Crippen LogP contribution in [-0.4, -0.2) is 19.0 Å². The van der Waals surface area contributed by atoms with Gasteiger partial charge in [-0.3, -0.25) is 4.79 Å². The second kappa shape index (κ2) is 3.60. The van der Waals surface area contributed by atoms with Gasteiger partial charge in [0.05, 0.1) is 6.61 Å². The van der Waals surface area contributed by atoms with Gasteiger partial charge in [0.25, 0.3) is 0 Å². The monoisotopic (exact) mass is 196 g/mol. The molecule has 1 unspecified atom stereocenters. The van der Waals surface area contributed by atoms with Crippen LogP contribution in [0.25, 0.3) is 0 Å². The van der Waals surface area contributed by atoms with Crippen molar-refractivity contribution >= 4 is 17.1 Å². The van der Waals surface area contributed by atoms with Gasteiger partial charge in [0.15, 0.2) is 5.78 Å². The van der Waals surface area contributed by atoms with Crippen molar-refractivity contribution < 1.29 is 9.53 Å². The highest BCUT2D eigenvalue weighted by atomic mass is 32.1. The predicted octanol–water partition coefficient (Wildman–Crippen LogP) is 2.28. The molecule has 0 N–H and O–H groups in total. The topological polar surface area (TPSA) is 26.3 Å². The van der Waals surface area contributed by atoms with Crippen LogP contribution in [0.5, 0.6) is 0 Å². The quantitative estimate of drug-likeness (QED) is 0.678. The van der Waals surface area contributed by atoms with E-state index in [1.165, 1.54) is 4.88 Å². The number of hydrogen-bond acceptors (Lipinski definition) is 3. The van der Waals surface area contributed by atoms with Gasteiger partial charge in [0.1, 0.15) is 0 Å². The molecule has 1 aromatic rings. The van der Waals surface area contributed by atoms with E-state index in [2.05, 4.69) is 0 Å². The first-order valence-corrected chi connectivity index (χ1v) is 5.32. The summed E-state index contributed by atoms with van der Waals surface area (Å²) in [4.78, 5) is 13.0. The van der Waals surface area contributed by atoms with Crippen molar-refractivity contribution in [3.05, 3.63) is 21.9 Å². The van der Waals surface area contributed by atoms with Crippen molar-refractivity contribution in [2.45, 2.75) is 13.3 Å². The fraction of sp³-hybridized carbons (Fsp3) is 0.500. The Kier molecular flexibility index (Phi) is 2.47. The van der Waals surface area contributed by atoms with Gasteiger partial charge in [-0.15, -0.1) is 11.3 Å². The first kappa shape index (κ1) is 8.91. The van der Waals surface area contributed by atoms with E-state index in [-0.39, 0.29) is 11.7 Å². The zero-order valence-corrected chi connectivity index (χ0v) is 8.39. The maximum absolute atomic E-state index is 11.8. The molecule has 0 amide bonds. The predicted molar refractivity (Wildman–Crippen MR) is 52.3 cm³/mol. The minimum Gasteiger partial charge on any atom is -0.381 e. The largest absolute Gasteiger partial charge is 0.381 e. The molecule has 1 atom stereocenters. The van der Waals surface area contributed by atoms with Crippen molar-refractivity contribution in [3.63, 3.8) is 0 Å². The summed E-state index contributed by atoms with van der Waals surface area (Å²) in [6.07, 6.45) is 0.883. The smallest absolute Gasteiger partial charge is 0.169 e. The molecular formula is C10H12O2S. The number of Topliss-reactive ketones (excluding diaryl/α,β-unsaturated/α-hetero) is 1. The lowest BCUT2D eigenvalue weighted by molar-refractivity contribution is 0.0900. The van der Waals surface area contributed by atoms with Gasteiger partial charge >= 0.3 is 0 Å². The average molecular weight is 196 g/mol. The van der Waals surface area contributed by atoms with E-state index in [4.69, 9.17) is 4.74 Å². The van der Waals surface area contributed by atoms with Crippen molar-refractivity contribution in [2.24, 2.45) is 5.92 Å². The number of ether oxygens (including phenoxy) is 1. The minimum atomic E-state index is 0.106. The second-order valence-corrected chi connectivity index (χ2v) is 4.49. The molecule has 0 spiro atoms. The van der Waals surface area contributed by atoms with Gasteiger partial charge in [0, 0.05) is 28.3 Å². The van der Waals surface area contributed by atoms with Crippen molar-refractivity contribution in [1.29, 1.82) is 0 Å². The fourth-order valence-electron chi connectivity index (χ4n) is 1.55. The summed E-state index contributed by atoms with van der Waals surface area (Å²) in [6, 6.07) is 1.96. The van der Waals surface area contributed by atoms with E-state index in [1.807, 2.05) is 18.4 Å². The maximum Gasteiger partial charge on any atom is 0.169 e. The molecule has 0 bridgehead atoms. The van der Waals surface area contributed by atoms with E-state index in [0.29, 0.717) is 6.61 Å². The lowest BCUT2D eigenvalue weighted by Gasteiger charge is -2.02. The van der Waals surface area contributed by atoms with Gasteiger partial charge in [-0.05, 0) is 19.4 Å². The summed E-state index contributed by atoms with van der Waals surface area (Å²) in [5.74, 6) is 0.357. The zero-order chi connectivity index (χ0) is 9.26. The van der Waals surface area contributed by atoms with E-state index in [0.717, 1.165) is 18.6 Å². The fourth-order valence-corrected chi connectivity index (χ4v) is 2.24. The maximum atomic E-state index is 11.8. The molecule has 1 aliphatic rings. The number of thiophene rings is 1. The number of ketones is 1. The van der Waals surface area contributed by atoms with Crippen LogP contribution in [-0.2, 0) is 4.74 Å². The third-order valence-electron chi connectivity index (χ3n) is 2.32. The second-order valence-electron chi connectivity index (χ2n) is 3.37. The van der Waals surface area contributed by atoms with Crippen LogP contribution in [0.15, 0.2) is 11.4 Å². The Morgan fingerprint density at radius 1 is 1.69 bits per heavy atom. The third-order valence-corrected chi connectivity index (χ3v) is 3.18. The zero-order valence-electron chi connectivity index (χ0n) is 7.58. The summed E-state index contributed by atoms with van der Waals surface area (Å²) in [5, 5.41) is 1.94. The van der Waals surface area contributed by atoms with Crippen molar-refractivity contribution in [3.8, 4) is 0 Å². The molecule has 2 nitrogen and oxygen atoms in total. The lowest BCUT2D eigenvalue weighted by atomic mass is 9.99. The summed E-state index contributed by atoms with van der Waals surface area (Å²) in [7, 11) is 0. The van der Waals surface area contributed by atoms with Crippen LogP contribution in [0.1, 0.15) is 21.7 Å². The lowest BCUT2D eigenvalue weighted by Crippen LogP contribution is -2.13. The Labute approximate surface area is 81.5 Å². The summed E-state index contributed by atoms with van der Waals surface area (Å²) < 4.78 is 5.19. The number of rotatable bonds is 2. The van der Waals surface area contributed by atoms with Crippen LogP contribution in [0, 0.1) is 12.8 Å². The standard InChI is InChI=1S/C10H12O2S/c1-7-4-9(6-13-7)10(11)8-2-3-12-5-8/h4,6,8H,2-3,5H2,1H3. The molecule has 2 rings (SSSR count). The molecule has 2 heterocycles. The molecular weight excluding hydrogens is 184 g/mol. The van der Waals surface area contributed by atoms with E-state index in [9.17, 15) is 4.79 Å². The molecule has 0 saturated carbocycles. The molecule has 0 radical (unpaired) electrons. The molecule has 3 heteroatoms. The minimum absolute atomic E-state index is 0.106. The molecule has 1 aliphatic heterocycles. The van der Waals surface area contributed by atoms with Crippen LogP contribution < -0.4 is 0 Å². The first-order chi connectivity index (χ1) is 6.27. The van der Waals surface area contributed by atoms with Gasteiger partial charge < -0.3 is 4.74 Å². The Morgan fingerprint density at radius 3 is 3.08 bits per heavy atom. The highest BCUT2D eigenvalue weighted by Crippen LogP contribution is 2.21. The Bertz CT molecular complexity index is 310. The normalized spacial score (nSPS) is 22.1. The molecule has 1 aromatic heterocycles. The first-order valence-electron chi connectivity index (χ1n) is 4.44. The van der Waals surface area contributed by atoms with E-state index in [1.54, 1.807) is 11.3 Å². The van der Waals surface area contributed by atoms with Gasteiger partial charge in [-0.1, -0.05) is 0 Å². The van der Waals surface area contributed by atoms with Crippen LogP contribution >= 0.6 is 11.3 Å². The van der Waals surface area contributed by atoms with Crippen LogP contribution in [0.4, 0.5) is 0 Å². The summed E-state index contributed by atoms with van der Waals surface area (Å²) in [5.41, 5.74) is 0.859. The summed E-state index contributed by atoms with van der Waals surface area (Å²) >= 11 is 1.63. The third kappa shape index (κ3) is 1.81. The average Bonchev–Trinajstić information content (AvgIpc) is 2.72. The Balaban J connectivity index is 2.12.